The van der Waals surface area contributed by atoms with Gasteiger partial charge in [0.05, 0.1) is 14.2 Å². The summed E-state index contributed by atoms with van der Waals surface area (Å²) in [6, 6.07) is 23.7. The van der Waals surface area contributed by atoms with Crippen LogP contribution in [0.25, 0.3) is 11.1 Å². The second kappa shape index (κ2) is 10.2. The van der Waals surface area contributed by atoms with Crippen LogP contribution in [0.1, 0.15) is 42.5 Å². The first-order valence-electron chi connectivity index (χ1n) is 12.6. The van der Waals surface area contributed by atoms with Crippen LogP contribution in [0, 0.1) is 5.92 Å². The standard InChI is InChI=1S/C31H35NO3/c1-21-14-15-32(19-21)22(2)20-35-26-10-8-23(9-11-26)31-29-13-12-28(34-4)17-25(29)18-30(31)24-6-5-7-27(16-24)33-3/h5-13,16-17,21-22H,14-15,18-20H2,1-4H3/t21-,22+/m1/s1. The van der Waals surface area contributed by atoms with Crippen molar-refractivity contribution in [3.63, 3.8) is 0 Å². The van der Waals surface area contributed by atoms with Crippen LogP contribution >= 0.6 is 0 Å². The third-order valence-electron chi connectivity index (χ3n) is 7.38. The molecule has 1 fully saturated rings. The molecule has 0 bridgehead atoms. The summed E-state index contributed by atoms with van der Waals surface area (Å²) in [7, 11) is 3.43. The molecular weight excluding hydrogens is 434 g/mol. The van der Waals surface area contributed by atoms with Gasteiger partial charge in [0, 0.05) is 12.6 Å². The van der Waals surface area contributed by atoms with E-state index in [4.69, 9.17) is 14.2 Å². The molecular formula is C31H35NO3. The topological polar surface area (TPSA) is 30.9 Å². The van der Waals surface area contributed by atoms with E-state index in [2.05, 4.69) is 73.3 Å². The Hall–Kier alpha value is -3.24. The molecule has 182 valence electrons. The molecule has 3 aromatic rings. The summed E-state index contributed by atoms with van der Waals surface area (Å²) in [6.07, 6.45) is 2.15. The molecule has 5 rings (SSSR count). The van der Waals surface area contributed by atoms with Crippen molar-refractivity contribution >= 4 is 11.1 Å². The Morgan fingerprint density at radius 3 is 2.34 bits per heavy atom. The number of rotatable bonds is 8. The average molecular weight is 470 g/mol. The zero-order valence-corrected chi connectivity index (χ0v) is 21.2. The van der Waals surface area contributed by atoms with E-state index in [-0.39, 0.29) is 0 Å². The minimum atomic E-state index is 0.429. The molecule has 4 nitrogen and oxygen atoms in total. The van der Waals surface area contributed by atoms with Gasteiger partial charge in [-0.1, -0.05) is 37.3 Å². The number of likely N-dealkylation sites (tertiary alicyclic amines) is 1. The van der Waals surface area contributed by atoms with Crippen molar-refractivity contribution in [3.8, 4) is 17.2 Å². The van der Waals surface area contributed by atoms with Gasteiger partial charge in [-0.05, 0) is 102 Å². The summed E-state index contributed by atoms with van der Waals surface area (Å²) >= 11 is 0. The number of ether oxygens (including phenoxy) is 3. The van der Waals surface area contributed by atoms with Gasteiger partial charge in [0.25, 0.3) is 0 Å². The molecule has 0 amide bonds. The highest BCUT2D eigenvalue weighted by Gasteiger charge is 2.25. The SMILES string of the molecule is COc1cccc(C2=C(c3ccc(OC[C@H](C)N4CC[C@@H](C)C4)cc3)c3ccc(OC)cc3C2)c1. The number of allylic oxidation sites excluding steroid dienone is 1. The lowest BCUT2D eigenvalue weighted by molar-refractivity contribution is 0.169. The molecule has 1 aliphatic carbocycles. The van der Waals surface area contributed by atoms with E-state index in [0.717, 1.165) is 29.6 Å². The lowest BCUT2D eigenvalue weighted by Crippen LogP contribution is -2.35. The quantitative estimate of drug-likeness (QED) is 0.386. The average Bonchev–Trinajstić information content (AvgIpc) is 3.51. The van der Waals surface area contributed by atoms with Crippen molar-refractivity contribution in [2.24, 2.45) is 5.92 Å². The zero-order chi connectivity index (χ0) is 24.4. The predicted molar refractivity (Wildman–Crippen MR) is 142 cm³/mol. The fraction of sp³-hybridized carbons (Fsp3) is 0.355. The Kier molecular flexibility index (Phi) is 6.83. The Morgan fingerprint density at radius 1 is 0.886 bits per heavy atom. The lowest BCUT2D eigenvalue weighted by atomic mass is 9.94. The number of benzene rings is 3. The van der Waals surface area contributed by atoms with Gasteiger partial charge < -0.3 is 14.2 Å². The number of hydrogen-bond acceptors (Lipinski definition) is 4. The van der Waals surface area contributed by atoms with Gasteiger partial charge in [-0.25, -0.2) is 0 Å². The van der Waals surface area contributed by atoms with Gasteiger partial charge in [-0.2, -0.15) is 0 Å². The van der Waals surface area contributed by atoms with E-state index in [1.807, 2.05) is 12.1 Å². The van der Waals surface area contributed by atoms with Crippen molar-refractivity contribution in [1.82, 2.24) is 4.90 Å². The Morgan fingerprint density at radius 2 is 1.63 bits per heavy atom. The highest BCUT2D eigenvalue weighted by atomic mass is 16.5. The summed E-state index contributed by atoms with van der Waals surface area (Å²) in [5.74, 6) is 3.47. The van der Waals surface area contributed by atoms with Gasteiger partial charge in [0.2, 0.25) is 0 Å². The molecule has 0 spiro atoms. The number of fused-ring (bicyclic) bond motifs is 1. The molecule has 4 heteroatoms. The highest BCUT2D eigenvalue weighted by molar-refractivity contribution is 6.04. The van der Waals surface area contributed by atoms with Crippen LogP contribution in [-0.4, -0.2) is 44.9 Å². The fourth-order valence-corrected chi connectivity index (χ4v) is 5.33. The lowest BCUT2D eigenvalue weighted by Gasteiger charge is -2.24. The smallest absolute Gasteiger partial charge is 0.119 e. The van der Waals surface area contributed by atoms with E-state index in [0.29, 0.717) is 12.6 Å². The molecule has 2 atom stereocenters. The summed E-state index contributed by atoms with van der Waals surface area (Å²) in [6.45, 7) is 7.66. The molecule has 0 radical (unpaired) electrons. The summed E-state index contributed by atoms with van der Waals surface area (Å²) < 4.78 is 17.2. The van der Waals surface area contributed by atoms with Crippen LogP contribution in [0.5, 0.6) is 17.2 Å². The molecule has 0 saturated carbocycles. The largest absolute Gasteiger partial charge is 0.497 e. The molecule has 1 saturated heterocycles. The van der Waals surface area contributed by atoms with E-state index in [9.17, 15) is 0 Å². The number of nitrogens with zero attached hydrogens (tertiary/aromatic N) is 1. The van der Waals surface area contributed by atoms with Gasteiger partial charge >= 0.3 is 0 Å². The molecule has 1 aliphatic heterocycles. The summed E-state index contributed by atoms with van der Waals surface area (Å²) in [4.78, 5) is 2.54. The monoisotopic (exact) mass is 469 g/mol. The first kappa shape index (κ1) is 23.5. The van der Waals surface area contributed by atoms with Crippen LogP contribution in [0.3, 0.4) is 0 Å². The third kappa shape index (κ3) is 4.94. The van der Waals surface area contributed by atoms with Crippen molar-refractivity contribution in [3.05, 3.63) is 89.0 Å². The van der Waals surface area contributed by atoms with Crippen LogP contribution in [0.2, 0.25) is 0 Å². The predicted octanol–water partition coefficient (Wildman–Crippen LogP) is 6.33. The van der Waals surface area contributed by atoms with Crippen LogP contribution in [0.15, 0.2) is 66.7 Å². The summed E-state index contributed by atoms with van der Waals surface area (Å²) in [5.41, 5.74) is 7.49. The Balaban J connectivity index is 1.42. The molecule has 0 unspecified atom stereocenters. The molecule has 1 heterocycles. The molecule has 0 aromatic heterocycles. The fourth-order valence-electron chi connectivity index (χ4n) is 5.33. The third-order valence-corrected chi connectivity index (χ3v) is 7.38. The molecule has 35 heavy (non-hydrogen) atoms. The highest BCUT2D eigenvalue weighted by Crippen LogP contribution is 2.44. The van der Waals surface area contributed by atoms with E-state index >= 15 is 0 Å². The van der Waals surface area contributed by atoms with Crippen molar-refractivity contribution in [2.45, 2.75) is 32.7 Å². The maximum atomic E-state index is 6.18. The van der Waals surface area contributed by atoms with Crippen molar-refractivity contribution in [1.29, 1.82) is 0 Å². The number of hydrogen-bond donors (Lipinski definition) is 0. The molecule has 0 N–H and O–H groups in total. The van der Waals surface area contributed by atoms with E-state index in [1.165, 1.54) is 52.9 Å². The van der Waals surface area contributed by atoms with E-state index < -0.39 is 0 Å². The molecule has 3 aromatic carbocycles. The first-order chi connectivity index (χ1) is 17.1. The van der Waals surface area contributed by atoms with E-state index in [1.54, 1.807) is 14.2 Å². The first-order valence-corrected chi connectivity index (χ1v) is 12.6. The van der Waals surface area contributed by atoms with Gasteiger partial charge in [-0.15, -0.1) is 0 Å². The Bertz CT molecular complexity index is 1210. The van der Waals surface area contributed by atoms with Gasteiger partial charge in [0.1, 0.15) is 23.9 Å². The minimum absolute atomic E-state index is 0.429. The maximum absolute atomic E-state index is 6.18. The van der Waals surface area contributed by atoms with Crippen LogP contribution < -0.4 is 14.2 Å². The van der Waals surface area contributed by atoms with Crippen molar-refractivity contribution in [2.75, 3.05) is 33.9 Å². The summed E-state index contributed by atoms with van der Waals surface area (Å²) in [5, 5.41) is 0. The second-order valence-electron chi connectivity index (χ2n) is 9.86. The number of methoxy groups -OCH3 is 2. The Labute approximate surface area is 209 Å². The maximum Gasteiger partial charge on any atom is 0.119 e. The molecule has 2 aliphatic rings. The normalized spacial score (nSPS) is 18.5. The van der Waals surface area contributed by atoms with Crippen LogP contribution in [0.4, 0.5) is 0 Å². The van der Waals surface area contributed by atoms with Gasteiger partial charge in [-0.3, -0.25) is 4.90 Å². The van der Waals surface area contributed by atoms with Gasteiger partial charge in [0.15, 0.2) is 0 Å². The zero-order valence-electron chi connectivity index (χ0n) is 21.2. The van der Waals surface area contributed by atoms with Crippen molar-refractivity contribution < 1.29 is 14.2 Å². The second-order valence-corrected chi connectivity index (χ2v) is 9.86. The van der Waals surface area contributed by atoms with Crippen LogP contribution in [-0.2, 0) is 6.42 Å². The minimum Gasteiger partial charge on any atom is -0.497 e.